The van der Waals surface area contributed by atoms with Gasteiger partial charge in [0.05, 0.1) is 13.2 Å². The number of halogens is 3. The van der Waals surface area contributed by atoms with Crippen LogP contribution in [0.25, 0.3) is 0 Å². The van der Waals surface area contributed by atoms with Gasteiger partial charge in [-0.15, -0.1) is 0 Å². The zero-order chi connectivity index (χ0) is 25.7. The van der Waals surface area contributed by atoms with Crippen LogP contribution in [0.5, 0.6) is 17.2 Å². The van der Waals surface area contributed by atoms with E-state index in [4.69, 9.17) is 14.2 Å². The third-order valence-electron chi connectivity index (χ3n) is 5.15. The molecule has 0 aliphatic rings. The molecule has 0 aliphatic heterocycles. The average molecular weight is 494 g/mol. The number of hydrogen-bond acceptors (Lipinski definition) is 5. The average Bonchev–Trinajstić information content (AvgIpc) is 2.80. The van der Waals surface area contributed by atoms with Crippen LogP contribution < -0.4 is 14.2 Å². The van der Waals surface area contributed by atoms with E-state index >= 15 is 0 Å². The highest BCUT2D eigenvalue weighted by atomic mass is 19.4. The molecule has 0 fully saturated rings. The predicted octanol–water partition coefficient (Wildman–Crippen LogP) is 7.19. The van der Waals surface area contributed by atoms with Crippen molar-refractivity contribution in [1.82, 2.24) is 0 Å². The number of unbranched alkanes of at least 4 members (excludes halogenated alkanes) is 3. The first kappa shape index (κ1) is 28.1. The zero-order valence-electron chi connectivity index (χ0n) is 20.8. The van der Waals surface area contributed by atoms with Gasteiger partial charge in [-0.1, -0.05) is 17.3 Å². The van der Waals surface area contributed by atoms with Crippen LogP contribution in [0.4, 0.5) is 13.2 Å². The Morgan fingerprint density at radius 2 is 1.46 bits per heavy atom. The monoisotopic (exact) mass is 493 g/mol. The summed E-state index contributed by atoms with van der Waals surface area (Å²) in [6.07, 6.45) is 3.05. The van der Waals surface area contributed by atoms with E-state index < -0.39 is 11.9 Å². The van der Waals surface area contributed by atoms with E-state index in [-0.39, 0.29) is 5.56 Å². The molecule has 2 aromatic rings. The molecule has 0 unspecified atom stereocenters. The number of ether oxygens (including phenoxy) is 3. The molecule has 0 N–H and O–H groups in total. The molecule has 0 aromatic heterocycles. The van der Waals surface area contributed by atoms with Crippen LogP contribution in [-0.2, 0) is 4.84 Å². The Kier molecular flexibility index (Phi) is 11.5. The Balaban J connectivity index is 1.67. The van der Waals surface area contributed by atoms with E-state index in [9.17, 15) is 13.2 Å². The predicted molar refractivity (Wildman–Crippen MR) is 132 cm³/mol. The van der Waals surface area contributed by atoms with Crippen LogP contribution >= 0.6 is 0 Å². The van der Waals surface area contributed by atoms with Gasteiger partial charge in [0.1, 0.15) is 31.0 Å². The first-order valence-electron chi connectivity index (χ1n) is 11.7. The van der Waals surface area contributed by atoms with Gasteiger partial charge in [-0.25, -0.2) is 0 Å². The Labute approximate surface area is 205 Å². The normalized spacial score (nSPS) is 12.1. The smallest absolute Gasteiger partial charge is 0.437 e. The van der Waals surface area contributed by atoms with Crippen LogP contribution in [0.1, 0.15) is 49.3 Å². The number of allylic oxidation sites excluding steroid dienone is 1. The third kappa shape index (κ3) is 9.54. The maximum Gasteiger partial charge on any atom is 0.437 e. The van der Waals surface area contributed by atoms with Gasteiger partial charge in [0.25, 0.3) is 0 Å². The minimum Gasteiger partial charge on any atom is -0.494 e. The van der Waals surface area contributed by atoms with Gasteiger partial charge in [0, 0.05) is 5.56 Å². The highest BCUT2D eigenvalue weighted by molar-refractivity contribution is 6.04. The van der Waals surface area contributed by atoms with Gasteiger partial charge in [-0.2, -0.15) is 13.2 Å². The zero-order valence-corrected chi connectivity index (χ0v) is 20.8. The van der Waals surface area contributed by atoms with Crippen LogP contribution in [0.2, 0.25) is 0 Å². The Hall–Kier alpha value is -3.16. The quantitative estimate of drug-likeness (QED) is 0.121. The molecule has 5 nitrogen and oxygen atoms in total. The fourth-order valence-electron chi connectivity index (χ4n) is 3.45. The molecule has 2 aromatic carbocycles. The largest absolute Gasteiger partial charge is 0.494 e. The fraction of sp³-hybridized carbons (Fsp3) is 0.444. The van der Waals surface area contributed by atoms with Crippen molar-refractivity contribution in [1.29, 1.82) is 0 Å². The molecule has 0 atom stereocenters. The lowest BCUT2D eigenvalue weighted by molar-refractivity contribution is -0.0608. The molecule has 0 bridgehead atoms. The molecule has 0 aliphatic carbocycles. The van der Waals surface area contributed by atoms with Crippen molar-refractivity contribution in [3.8, 4) is 17.2 Å². The van der Waals surface area contributed by atoms with Crippen molar-refractivity contribution in [3.63, 3.8) is 0 Å². The molecule has 0 amide bonds. The van der Waals surface area contributed by atoms with E-state index in [1.807, 2.05) is 45.1 Å². The Morgan fingerprint density at radius 1 is 0.857 bits per heavy atom. The van der Waals surface area contributed by atoms with Crippen molar-refractivity contribution >= 4 is 5.71 Å². The van der Waals surface area contributed by atoms with Gasteiger partial charge in [-0.05, 0) is 94.0 Å². The summed E-state index contributed by atoms with van der Waals surface area (Å²) < 4.78 is 56.4. The molecule has 0 saturated carbocycles. The van der Waals surface area contributed by atoms with Crippen molar-refractivity contribution in [3.05, 3.63) is 65.2 Å². The molecule has 192 valence electrons. The highest BCUT2D eigenvalue weighted by Crippen LogP contribution is 2.29. The van der Waals surface area contributed by atoms with E-state index in [0.717, 1.165) is 55.4 Å². The van der Waals surface area contributed by atoms with Crippen LogP contribution in [0, 0.1) is 13.8 Å². The summed E-state index contributed by atoms with van der Waals surface area (Å²) in [5, 5.41) is 3.09. The number of rotatable bonds is 14. The van der Waals surface area contributed by atoms with Crippen LogP contribution in [0.3, 0.4) is 0 Å². The van der Waals surface area contributed by atoms with Crippen molar-refractivity contribution in [2.45, 2.75) is 52.6 Å². The molecular formula is C27H34F3NO4. The number of oxime groups is 1. The summed E-state index contributed by atoms with van der Waals surface area (Å²) in [6.45, 7) is 7.67. The topological polar surface area (TPSA) is 49.3 Å². The van der Waals surface area contributed by atoms with Crippen molar-refractivity contribution < 1.29 is 32.2 Å². The molecule has 0 heterocycles. The van der Waals surface area contributed by atoms with Gasteiger partial charge < -0.3 is 19.0 Å². The lowest BCUT2D eigenvalue weighted by Crippen LogP contribution is -2.24. The standard InChI is InChI=1S/C27H34F3NO4/c1-5-6-15-34-24-18-20(2)25(21(3)19-24)35-17-10-8-7-9-16-33-23-13-11-22(12-14-23)26(31-32-4)27(28,29)30/h5-6,11-14,18-19H,7-10,15-17H2,1-4H3/b6-5+,31-26?. The summed E-state index contributed by atoms with van der Waals surface area (Å²) in [5.74, 6) is 2.25. The van der Waals surface area contributed by atoms with Crippen LogP contribution in [-0.4, -0.2) is 38.8 Å². The summed E-state index contributed by atoms with van der Waals surface area (Å²) in [6, 6.07) is 9.63. The molecule has 0 spiro atoms. The number of aryl methyl sites for hydroxylation is 2. The number of hydrogen-bond donors (Lipinski definition) is 0. The van der Waals surface area contributed by atoms with Gasteiger partial charge in [0.15, 0.2) is 5.71 Å². The lowest BCUT2D eigenvalue weighted by Gasteiger charge is -2.14. The van der Waals surface area contributed by atoms with E-state index in [1.165, 1.54) is 24.3 Å². The van der Waals surface area contributed by atoms with Gasteiger partial charge in [0.2, 0.25) is 0 Å². The maximum absolute atomic E-state index is 13.0. The Bertz CT molecular complexity index is 946. The summed E-state index contributed by atoms with van der Waals surface area (Å²) in [5.41, 5.74) is 0.951. The van der Waals surface area contributed by atoms with E-state index in [0.29, 0.717) is 25.6 Å². The minimum absolute atomic E-state index is 0.0759. The number of benzene rings is 2. The van der Waals surface area contributed by atoms with Gasteiger partial charge >= 0.3 is 6.18 Å². The third-order valence-corrected chi connectivity index (χ3v) is 5.15. The fourth-order valence-corrected chi connectivity index (χ4v) is 3.45. The molecule has 0 saturated heterocycles. The lowest BCUT2D eigenvalue weighted by atomic mass is 10.1. The summed E-state index contributed by atoms with van der Waals surface area (Å²) >= 11 is 0. The van der Waals surface area contributed by atoms with Crippen molar-refractivity contribution in [2.75, 3.05) is 26.9 Å². The Morgan fingerprint density at radius 3 is 2.00 bits per heavy atom. The molecule has 35 heavy (non-hydrogen) atoms. The second-order valence-corrected chi connectivity index (χ2v) is 8.02. The second kappa shape index (κ2) is 14.3. The van der Waals surface area contributed by atoms with Crippen LogP contribution in [0.15, 0.2) is 53.7 Å². The van der Waals surface area contributed by atoms with E-state index in [1.54, 1.807) is 0 Å². The summed E-state index contributed by atoms with van der Waals surface area (Å²) in [7, 11) is 1.08. The molecular weight excluding hydrogens is 459 g/mol. The maximum atomic E-state index is 13.0. The van der Waals surface area contributed by atoms with E-state index in [2.05, 4.69) is 9.99 Å². The number of nitrogens with zero attached hydrogens (tertiary/aromatic N) is 1. The molecule has 2 rings (SSSR count). The number of alkyl halides is 3. The molecule has 0 radical (unpaired) electrons. The minimum atomic E-state index is -4.59. The van der Waals surface area contributed by atoms with Crippen molar-refractivity contribution in [2.24, 2.45) is 5.16 Å². The molecule has 8 heteroatoms. The first-order valence-corrected chi connectivity index (χ1v) is 11.7. The second-order valence-electron chi connectivity index (χ2n) is 8.02. The van der Waals surface area contributed by atoms with Gasteiger partial charge in [-0.3, -0.25) is 0 Å². The summed E-state index contributed by atoms with van der Waals surface area (Å²) in [4.78, 5) is 4.31. The first-order chi connectivity index (χ1) is 16.8. The SMILES string of the molecule is C/C=C/COc1cc(C)c(OCCCCCCOc2ccc(C(=NOC)C(F)(F)F)cc2)c(C)c1. The highest BCUT2D eigenvalue weighted by Gasteiger charge is 2.37.